The summed E-state index contributed by atoms with van der Waals surface area (Å²) < 4.78 is 0. The lowest BCUT2D eigenvalue weighted by Gasteiger charge is -2.34. The number of benzene rings is 1. The Morgan fingerprint density at radius 1 is 1.20 bits per heavy atom. The van der Waals surface area contributed by atoms with Crippen molar-refractivity contribution < 1.29 is 9.59 Å². The predicted octanol–water partition coefficient (Wildman–Crippen LogP) is 1.04. The molecule has 7 heteroatoms. The van der Waals surface area contributed by atoms with Crippen molar-refractivity contribution in [2.45, 2.75) is 26.8 Å². The van der Waals surface area contributed by atoms with E-state index in [1.54, 1.807) is 29.2 Å². The Hall–Kier alpha value is -2.70. The number of hydrogen-bond donors (Lipinski definition) is 2. The van der Waals surface area contributed by atoms with Crippen molar-refractivity contribution in [1.29, 1.82) is 0 Å². The van der Waals surface area contributed by atoms with Crippen molar-refractivity contribution in [3.63, 3.8) is 0 Å². The van der Waals surface area contributed by atoms with Gasteiger partial charge in [0.1, 0.15) is 0 Å². The van der Waals surface area contributed by atoms with Gasteiger partial charge in [-0.2, -0.15) is 5.10 Å². The number of nitrogens with one attached hydrogen (secondary N) is 2. The van der Waals surface area contributed by atoms with E-state index >= 15 is 0 Å². The van der Waals surface area contributed by atoms with E-state index < -0.39 is 11.8 Å². The van der Waals surface area contributed by atoms with Gasteiger partial charge in [-0.3, -0.25) is 14.4 Å². The van der Waals surface area contributed by atoms with Gasteiger partial charge in [0.15, 0.2) is 0 Å². The van der Waals surface area contributed by atoms with Crippen molar-refractivity contribution in [2.75, 3.05) is 13.1 Å². The fourth-order valence-corrected chi connectivity index (χ4v) is 3.52. The lowest BCUT2D eigenvalue weighted by molar-refractivity contribution is -0.147. The van der Waals surface area contributed by atoms with Gasteiger partial charge in [0.05, 0.1) is 17.6 Å². The average molecular weight is 342 g/mol. The monoisotopic (exact) mass is 342 g/mol. The zero-order valence-electron chi connectivity index (χ0n) is 14.4. The molecule has 1 saturated heterocycles. The number of H-pyrrole nitrogens is 1. The Morgan fingerprint density at radius 2 is 1.84 bits per heavy atom. The highest BCUT2D eigenvalue weighted by Gasteiger charge is 2.29. The van der Waals surface area contributed by atoms with Crippen LogP contribution in [-0.2, 0) is 16.1 Å². The SMILES string of the molecule is CC1CC(C)CN(C(=O)C(=O)NCc2n[nH]c(=O)c3ccccc23)C1. The van der Waals surface area contributed by atoms with Crippen LogP contribution in [0.1, 0.15) is 26.0 Å². The van der Waals surface area contributed by atoms with Gasteiger partial charge in [-0.15, -0.1) is 0 Å². The van der Waals surface area contributed by atoms with E-state index in [4.69, 9.17) is 0 Å². The van der Waals surface area contributed by atoms with Crippen LogP contribution in [0.5, 0.6) is 0 Å². The summed E-state index contributed by atoms with van der Waals surface area (Å²) in [6.45, 7) is 5.47. The molecule has 0 aliphatic carbocycles. The first kappa shape index (κ1) is 17.1. The predicted molar refractivity (Wildman–Crippen MR) is 93.7 cm³/mol. The molecule has 0 radical (unpaired) electrons. The van der Waals surface area contributed by atoms with Crippen LogP contribution < -0.4 is 10.9 Å². The second-order valence-electron chi connectivity index (χ2n) is 6.88. The van der Waals surface area contributed by atoms with E-state index in [1.807, 2.05) is 0 Å². The highest BCUT2D eigenvalue weighted by Crippen LogP contribution is 2.21. The minimum absolute atomic E-state index is 0.0841. The van der Waals surface area contributed by atoms with Crippen LogP contribution in [0.3, 0.4) is 0 Å². The van der Waals surface area contributed by atoms with E-state index in [9.17, 15) is 14.4 Å². The van der Waals surface area contributed by atoms with E-state index in [2.05, 4.69) is 29.4 Å². The Bertz CT molecular complexity index is 851. The van der Waals surface area contributed by atoms with Crippen LogP contribution in [0.4, 0.5) is 0 Å². The summed E-state index contributed by atoms with van der Waals surface area (Å²) in [4.78, 5) is 38.0. The molecule has 1 aliphatic heterocycles. The van der Waals surface area contributed by atoms with Crippen LogP contribution in [0.15, 0.2) is 29.1 Å². The molecule has 0 bridgehead atoms. The Balaban J connectivity index is 1.69. The van der Waals surface area contributed by atoms with Crippen molar-refractivity contribution >= 4 is 22.6 Å². The Labute approximate surface area is 145 Å². The molecular weight excluding hydrogens is 320 g/mol. The second kappa shape index (κ2) is 7.04. The van der Waals surface area contributed by atoms with Crippen molar-refractivity contribution in [1.82, 2.24) is 20.4 Å². The van der Waals surface area contributed by atoms with Crippen molar-refractivity contribution in [2.24, 2.45) is 11.8 Å². The second-order valence-corrected chi connectivity index (χ2v) is 6.88. The average Bonchev–Trinajstić information content (AvgIpc) is 2.59. The number of fused-ring (bicyclic) bond motifs is 1. The van der Waals surface area contributed by atoms with Crippen LogP contribution in [-0.4, -0.2) is 40.0 Å². The summed E-state index contributed by atoms with van der Waals surface area (Å²) >= 11 is 0. The summed E-state index contributed by atoms with van der Waals surface area (Å²) in [7, 11) is 0. The molecule has 2 aromatic rings. The minimum atomic E-state index is -0.640. The first-order chi connectivity index (χ1) is 12.0. The van der Waals surface area contributed by atoms with Gasteiger partial charge in [-0.1, -0.05) is 32.0 Å². The quantitative estimate of drug-likeness (QED) is 0.797. The smallest absolute Gasteiger partial charge is 0.311 e. The summed E-state index contributed by atoms with van der Waals surface area (Å²) in [5, 5.41) is 10.2. The third kappa shape index (κ3) is 3.70. The molecule has 1 aromatic heterocycles. The first-order valence-corrected chi connectivity index (χ1v) is 8.49. The molecule has 1 aromatic carbocycles. The topological polar surface area (TPSA) is 95.2 Å². The van der Waals surface area contributed by atoms with Crippen LogP contribution >= 0.6 is 0 Å². The molecule has 1 fully saturated rings. The molecule has 2 amide bonds. The summed E-state index contributed by atoms with van der Waals surface area (Å²) in [5.74, 6) is -0.360. The van der Waals surface area contributed by atoms with E-state index in [0.29, 0.717) is 41.4 Å². The number of piperidine rings is 1. The van der Waals surface area contributed by atoms with E-state index in [0.717, 1.165) is 6.42 Å². The molecule has 2 N–H and O–H groups in total. The molecule has 1 aliphatic rings. The third-order valence-electron chi connectivity index (χ3n) is 4.54. The molecule has 2 heterocycles. The Morgan fingerprint density at radius 3 is 2.52 bits per heavy atom. The summed E-state index contributed by atoms with van der Waals surface area (Å²) in [6, 6.07) is 7.04. The number of likely N-dealkylation sites (tertiary alicyclic amines) is 1. The molecule has 2 unspecified atom stereocenters. The largest absolute Gasteiger partial charge is 0.342 e. The molecule has 3 rings (SSSR count). The van der Waals surface area contributed by atoms with Gasteiger partial charge >= 0.3 is 11.8 Å². The highest BCUT2D eigenvalue weighted by atomic mass is 16.2. The molecule has 7 nitrogen and oxygen atoms in total. The number of aromatic amines is 1. The van der Waals surface area contributed by atoms with Gasteiger partial charge < -0.3 is 10.2 Å². The zero-order chi connectivity index (χ0) is 18.0. The standard InChI is InChI=1S/C18H22N4O3/c1-11-7-12(2)10-22(9-11)18(25)17(24)19-8-15-13-5-3-4-6-14(13)16(23)21-20-15/h3-6,11-12H,7-10H2,1-2H3,(H,19,24)(H,21,23). The van der Waals surface area contributed by atoms with E-state index in [-0.39, 0.29) is 12.1 Å². The molecule has 25 heavy (non-hydrogen) atoms. The first-order valence-electron chi connectivity index (χ1n) is 8.49. The fraction of sp³-hybridized carbons (Fsp3) is 0.444. The normalized spacial score (nSPS) is 20.5. The summed E-state index contributed by atoms with van der Waals surface area (Å²) in [5.41, 5.74) is 0.245. The van der Waals surface area contributed by atoms with Crippen LogP contribution in [0, 0.1) is 11.8 Å². The van der Waals surface area contributed by atoms with Gasteiger partial charge in [0.2, 0.25) is 0 Å². The zero-order valence-corrected chi connectivity index (χ0v) is 14.4. The number of nitrogens with zero attached hydrogens (tertiary/aromatic N) is 2. The maximum Gasteiger partial charge on any atom is 0.311 e. The molecular formula is C18H22N4O3. The lowest BCUT2D eigenvalue weighted by Crippen LogP contribution is -2.48. The number of carbonyl (C=O) groups excluding carboxylic acids is 2. The van der Waals surface area contributed by atoms with Crippen molar-refractivity contribution in [3.8, 4) is 0 Å². The molecule has 0 saturated carbocycles. The number of aromatic nitrogens is 2. The Kier molecular flexibility index (Phi) is 4.83. The van der Waals surface area contributed by atoms with Crippen LogP contribution in [0.25, 0.3) is 10.8 Å². The van der Waals surface area contributed by atoms with Crippen molar-refractivity contribution in [3.05, 3.63) is 40.3 Å². The molecule has 0 spiro atoms. The third-order valence-corrected chi connectivity index (χ3v) is 4.54. The van der Waals surface area contributed by atoms with Gasteiger partial charge in [-0.25, -0.2) is 5.10 Å². The fourth-order valence-electron chi connectivity index (χ4n) is 3.52. The number of amides is 2. The van der Waals surface area contributed by atoms with Crippen LogP contribution in [0.2, 0.25) is 0 Å². The number of hydrogen-bond acceptors (Lipinski definition) is 4. The summed E-state index contributed by atoms with van der Waals surface area (Å²) in [6.07, 6.45) is 1.07. The molecule has 132 valence electrons. The van der Waals surface area contributed by atoms with Gasteiger partial charge in [0.25, 0.3) is 5.56 Å². The van der Waals surface area contributed by atoms with Gasteiger partial charge in [-0.05, 0) is 24.3 Å². The lowest BCUT2D eigenvalue weighted by atomic mass is 9.92. The minimum Gasteiger partial charge on any atom is -0.342 e. The van der Waals surface area contributed by atoms with Gasteiger partial charge in [0, 0.05) is 18.5 Å². The maximum absolute atomic E-state index is 12.4. The molecule has 2 atom stereocenters. The number of carbonyl (C=O) groups is 2. The maximum atomic E-state index is 12.4. The number of rotatable bonds is 2. The van der Waals surface area contributed by atoms with E-state index in [1.165, 1.54) is 0 Å². The highest BCUT2D eigenvalue weighted by molar-refractivity contribution is 6.35.